The highest BCUT2D eigenvalue weighted by atomic mass is 35.5. The van der Waals surface area contributed by atoms with Crippen LogP contribution >= 0.6 is 11.6 Å². The Bertz CT molecular complexity index is 334. The van der Waals surface area contributed by atoms with Gasteiger partial charge in [0, 0.05) is 11.3 Å². The molecule has 0 atom stereocenters. The van der Waals surface area contributed by atoms with Crippen molar-refractivity contribution in [2.24, 2.45) is 0 Å². The second-order valence-corrected chi connectivity index (χ2v) is 3.87. The molecule has 0 aliphatic carbocycles. The number of hydrogen-bond donors (Lipinski definition) is 0. The molecule has 1 nitrogen and oxygen atoms in total. The molecule has 0 saturated heterocycles. The smallest absolute Gasteiger partial charge is 0.148 e. The van der Waals surface area contributed by atoms with Crippen LogP contribution in [0, 0.1) is 19.7 Å². The van der Waals surface area contributed by atoms with Crippen LogP contribution in [0.25, 0.3) is 0 Å². The van der Waals surface area contributed by atoms with Crippen molar-refractivity contribution in [2.45, 2.75) is 33.6 Å². The largest absolute Gasteiger partial charge is 0.256 e. The standard InChI is InChI=1S/C10H13ClFN/c1-5(2)10-8(11)9(12)6(3)7(4)13-10/h5H,1-4H3. The predicted molar refractivity (Wildman–Crippen MR) is 52.8 cm³/mol. The Balaban J connectivity index is 3.41. The lowest BCUT2D eigenvalue weighted by atomic mass is 10.1. The number of rotatable bonds is 1. The van der Waals surface area contributed by atoms with Crippen molar-refractivity contribution >= 4 is 11.6 Å². The number of nitrogens with zero attached hydrogens (tertiary/aromatic N) is 1. The van der Waals surface area contributed by atoms with E-state index in [0.29, 0.717) is 17.0 Å². The predicted octanol–water partition coefficient (Wildman–Crippen LogP) is 3.61. The molecule has 0 saturated carbocycles. The Labute approximate surface area is 82.9 Å². The highest BCUT2D eigenvalue weighted by molar-refractivity contribution is 6.31. The maximum absolute atomic E-state index is 13.4. The van der Waals surface area contributed by atoms with Gasteiger partial charge in [-0.25, -0.2) is 4.39 Å². The van der Waals surface area contributed by atoms with Gasteiger partial charge in [-0.3, -0.25) is 4.98 Å². The Morgan fingerprint density at radius 2 is 1.85 bits per heavy atom. The summed E-state index contributed by atoms with van der Waals surface area (Å²) in [5.74, 6) is -0.181. The Morgan fingerprint density at radius 1 is 1.31 bits per heavy atom. The molecule has 0 N–H and O–H groups in total. The summed E-state index contributed by atoms with van der Waals surface area (Å²) in [7, 11) is 0. The SMILES string of the molecule is Cc1nc(C(C)C)c(Cl)c(F)c1C. The van der Waals surface area contributed by atoms with Gasteiger partial charge in [0.25, 0.3) is 0 Å². The first-order valence-electron chi connectivity index (χ1n) is 4.27. The van der Waals surface area contributed by atoms with E-state index >= 15 is 0 Å². The van der Waals surface area contributed by atoms with Crippen LogP contribution in [0.2, 0.25) is 5.02 Å². The van der Waals surface area contributed by atoms with Crippen molar-refractivity contribution in [2.75, 3.05) is 0 Å². The molecule has 0 spiro atoms. The maximum atomic E-state index is 13.4. The maximum Gasteiger partial charge on any atom is 0.148 e. The van der Waals surface area contributed by atoms with Gasteiger partial charge < -0.3 is 0 Å². The van der Waals surface area contributed by atoms with E-state index in [1.54, 1.807) is 13.8 Å². The van der Waals surface area contributed by atoms with E-state index in [2.05, 4.69) is 4.98 Å². The van der Waals surface area contributed by atoms with Gasteiger partial charge in [-0.1, -0.05) is 25.4 Å². The number of hydrogen-bond acceptors (Lipinski definition) is 1. The fourth-order valence-corrected chi connectivity index (χ4v) is 1.53. The summed E-state index contributed by atoms with van der Waals surface area (Å²) in [6.45, 7) is 7.37. The minimum atomic E-state index is -0.335. The summed E-state index contributed by atoms with van der Waals surface area (Å²) in [6, 6.07) is 0. The van der Waals surface area contributed by atoms with Gasteiger partial charge in [0.05, 0.1) is 10.7 Å². The second kappa shape index (κ2) is 3.62. The molecular formula is C10H13ClFN. The Morgan fingerprint density at radius 3 is 2.31 bits per heavy atom. The van der Waals surface area contributed by atoms with Crippen LogP contribution in [0.1, 0.15) is 36.7 Å². The molecule has 1 aromatic heterocycles. The monoisotopic (exact) mass is 201 g/mol. The lowest BCUT2D eigenvalue weighted by molar-refractivity contribution is 0.606. The molecule has 1 rings (SSSR count). The average Bonchev–Trinajstić information content (AvgIpc) is 2.07. The van der Waals surface area contributed by atoms with Crippen molar-refractivity contribution < 1.29 is 4.39 Å². The lowest BCUT2D eigenvalue weighted by Crippen LogP contribution is -2.02. The Kier molecular flexibility index (Phi) is 2.91. The summed E-state index contributed by atoms with van der Waals surface area (Å²) in [5.41, 5.74) is 1.89. The number of aromatic nitrogens is 1. The summed E-state index contributed by atoms with van der Waals surface area (Å²) < 4.78 is 13.4. The fraction of sp³-hybridized carbons (Fsp3) is 0.500. The first-order chi connectivity index (χ1) is 5.95. The van der Waals surface area contributed by atoms with Gasteiger partial charge in [0.1, 0.15) is 5.82 Å². The van der Waals surface area contributed by atoms with Crippen molar-refractivity contribution in [3.63, 3.8) is 0 Å². The normalized spacial score (nSPS) is 11.0. The molecule has 0 bridgehead atoms. The molecule has 72 valence electrons. The molecule has 13 heavy (non-hydrogen) atoms. The van der Waals surface area contributed by atoms with E-state index in [-0.39, 0.29) is 16.8 Å². The molecule has 0 amide bonds. The van der Waals surface area contributed by atoms with Gasteiger partial charge in [0.15, 0.2) is 0 Å². The van der Waals surface area contributed by atoms with E-state index in [1.165, 1.54) is 0 Å². The molecule has 1 aromatic rings. The van der Waals surface area contributed by atoms with Crippen LogP contribution in [-0.4, -0.2) is 4.98 Å². The highest BCUT2D eigenvalue weighted by Gasteiger charge is 2.15. The van der Waals surface area contributed by atoms with Crippen LogP contribution < -0.4 is 0 Å². The molecule has 0 aromatic carbocycles. The van der Waals surface area contributed by atoms with E-state index in [9.17, 15) is 4.39 Å². The third-order valence-corrected chi connectivity index (χ3v) is 2.48. The van der Waals surface area contributed by atoms with Gasteiger partial charge in [-0.05, 0) is 19.8 Å². The van der Waals surface area contributed by atoms with Gasteiger partial charge in [-0.15, -0.1) is 0 Å². The molecule has 0 radical (unpaired) electrons. The van der Waals surface area contributed by atoms with Gasteiger partial charge in [-0.2, -0.15) is 0 Å². The molecule has 0 unspecified atom stereocenters. The zero-order chi connectivity index (χ0) is 10.2. The number of halogens is 2. The van der Waals surface area contributed by atoms with Gasteiger partial charge in [0.2, 0.25) is 0 Å². The number of pyridine rings is 1. The van der Waals surface area contributed by atoms with Crippen LogP contribution in [0.4, 0.5) is 4.39 Å². The van der Waals surface area contributed by atoms with Gasteiger partial charge >= 0.3 is 0 Å². The summed E-state index contributed by atoms with van der Waals surface area (Å²) in [6.07, 6.45) is 0. The minimum absolute atomic E-state index is 0.154. The zero-order valence-corrected chi connectivity index (χ0v) is 9.04. The van der Waals surface area contributed by atoms with Crippen LogP contribution in [0.5, 0.6) is 0 Å². The summed E-state index contributed by atoms with van der Waals surface area (Å²) >= 11 is 5.83. The van der Waals surface area contributed by atoms with Crippen LogP contribution in [0.3, 0.4) is 0 Å². The molecule has 3 heteroatoms. The van der Waals surface area contributed by atoms with E-state index in [0.717, 1.165) is 0 Å². The molecule has 0 aliphatic rings. The third kappa shape index (κ3) is 1.83. The van der Waals surface area contributed by atoms with Crippen LogP contribution in [0.15, 0.2) is 0 Å². The molecular weight excluding hydrogens is 189 g/mol. The Hall–Kier alpha value is -0.630. The topological polar surface area (TPSA) is 12.9 Å². The number of aryl methyl sites for hydroxylation is 1. The molecule has 1 heterocycles. The lowest BCUT2D eigenvalue weighted by Gasteiger charge is -2.11. The van der Waals surface area contributed by atoms with Crippen molar-refractivity contribution in [1.29, 1.82) is 0 Å². The summed E-state index contributed by atoms with van der Waals surface area (Å²) in [5, 5.41) is 0.165. The quantitative estimate of drug-likeness (QED) is 0.677. The first-order valence-corrected chi connectivity index (χ1v) is 4.65. The van der Waals surface area contributed by atoms with Crippen molar-refractivity contribution in [1.82, 2.24) is 4.98 Å². The second-order valence-electron chi connectivity index (χ2n) is 3.49. The van der Waals surface area contributed by atoms with E-state index < -0.39 is 0 Å². The zero-order valence-electron chi connectivity index (χ0n) is 8.28. The third-order valence-electron chi connectivity index (χ3n) is 2.12. The highest BCUT2D eigenvalue weighted by Crippen LogP contribution is 2.27. The van der Waals surface area contributed by atoms with Crippen molar-refractivity contribution in [3.05, 3.63) is 27.8 Å². The summed E-state index contributed by atoms with van der Waals surface area (Å²) in [4.78, 5) is 4.26. The van der Waals surface area contributed by atoms with E-state index in [1.807, 2.05) is 13.8 Å². The first kappa shape index (κ1) is 10.5. The average molecular weight is 202 g/mol. The minimum Gasteiger partial charge on any atom is -0.256 e. The van der Waals surface area contributed by atoms with Crippen LogP contribution in [-0.2, 0) is 0 Å². The molecule has 0 aliphatic heterocycles. The van der Waals surface area contributed by atoms with Crippen molar-refractivity contribution in [3.8, 4) is 0 Å². The van der Waals surface area contributed by atoms with E-state index in [4.69, 9.17) is 11.6 Å². The molecule has 0 fully saturated rings. The fourth-order valence-electron chi connectivity index (χ4n) is 1.13.